The Labute approximate surface area is 217 Å². The lowest BCUT2D eigenvalue weighted by atomic mass is 10.0. The first-order chi connectivity index (χ1) is 17.6. The normalized spacial score (nSPS) is 15.5. The third-order valence-corrected chi connectivity index (χ3v) is 6.74. The van der Waals surface area contributed by atoms with E-state index in [0.29, 0.717) is 18.8 Å². The lowest BCUT2D eigenvalue weighted by Crippen LogP contribution is -2.38. The zero-order valence-electron chi connectivity index (χ0n) is 22.1. The minimum atomic E-state index is -0.263. The SMILES string of the molecule is C=CC(=O)N(C)C1CCN(c2cncnc2-c2ccc(CNC(=O)c3cn(C(C)(C)C)nn3)c(C)c2)C1. The highest BCUT2D eigenvalue weighted by molar-refractivity contribution is 5.91. The molecule has 4 rings (SSSR count). The Balaban J connectivity index is 1.46. The average Bonchev–Trinajstić information content (AvgIpc) is 3.57. The highest BCUT2D eigenvalue weighted by Gasteiger charge is 2.29. The van der Waals surface area contributed by atoms with Crippen LogP contribution in [0.15, 0.2) is 49.6 Å². The van der Waals surface area contributed by atoms with Crippen molar-refractivity contribution >= 4 is 17.5 Å². The molecule has 194 valence electrons. The summed E-state index contributed by atoms with van der Waals surface area (Å²) in [6.45, 7) is 13.5. The van der Waals surface area contributed by atoms with Gasteiger partial charge in [-0.1, -0.05) is 23.9 Å². The van der Waals surface area contributed by atoms with Crippen LogP contribution in [-0.4, -0.2) is 67.9 Å². The fraction of sp³-hybridized carbons (Fsp3) is 0.407. The van der Waals surface area contributed by atoms with Crippen molar-refractivity contribution in [2.24, 2.45) is 0 Å². The number of carbonyl (C=O) groups is 2. The van der Waals surface area contributed by atoms with Crippen LogP contribution in [0.2, 0.25) is 0 Å². The van der Waals surface area contributed by atoms with Crippen molar-refractivity contribution in [1.29, 1.82) is 0 Å². The molecule has 1 aliphatic rings. The second-order valence-corrected chi connectivity index (χ2v) is 10.3. The van der Waals surface area contributed by atoms with Gasteiger partial charge in [0, 0.05) is 32.2 Å². The predicted octanol–water partition coefficient (Wildman–Crippen LogP) is 2.95. The molecule has 3 heterocycles. The molecule has 2 amide bonds. The molecule has 1 atom stereocenters. The summed E-state index contributed by atoms with van der Waals surface area (Å²) in [7, 11) is 1.81. The largest absolute Gasteiger partial charge is 0.366 e. The Hall–Kier alpha value is -4.08. The molecule has 10 nitrogen and oxygen atoms in total. The highest BCUT2D eigenvalue weighted by Crippen LogP contribution is 2.32. The minimum Gasteiger partial charge on any atom is -0.366 e. The quantitative estimate of drug-likeness (QED) is 0.495. The molecule has 1 fully saturated rings. The van der Waals surface area contributed by atoms with Gasteiger partial charge >= 0.3 is 0 Å². The summed E-state index contributed by atoms with van der Waals surface area (Å²) in [5.74, 6) is -0.339. The predicted molar refractivity (Wildman–Crippen MR) is 142 cm³/mol. The van der Waals surface area contributed by atoms with Crippen LogP contribution < -0.4 is 10.2 Å². The first kappa shape index (κ1) is 26.0. The van der Waals surface area contributed by atoms with Crippen molar-refractivity contribution in [3.8, 4) is 11.3 Å². The van der Waals surface area contributed by atoms with E-state index < -0.39 is 0 Å². The molecule has 0 saturated carbocycles. The Bertz CT molecular complexity index is 1310. The van der Waals surface area contributed by atoms with Gasteiger partial charge in [0.1, 0.15) is 6.33 Å². The van der Waals surface area contributed by atoms with Crippen LogP contribution in [0.1, 0.15) is 48.8 Å². The van der Waals surface area contributed by atoms with E-state index in [1.807, 2.05) is 53.1 Å². The molecule has 1 N–H and O–H groups in total. The number of aryl methyl sites for hydroxylation is 1. The third-order valence-electron chi connectivity index (χ3n) is 6.74. The van der Waals surface area contributed by atoms with Crippen molar-refractivity contribution in [2.75, 3.05) is 25.0 Å². The summed E-state index contributed by atoms with van der Waals surface area (Å²) in [5.41, 5.74) is 4.83. The molecule has 1 aliphatic heterocycles. The zero-order valence-corrected chi connectivity index (χ0v) is 22.1. The molecule has 0 bridgehead atoms. The molecule has 10 heteroatoms. The maximum Gasteiger partial charge on any atom is 0.273 e. The van der Waals surface area contributed by atoms with Crippen molar-refractivity contribution < 1.29 is 9.59 Å². The van der Waals surface area contributed by atoms with Crippen molar-refractivity contribution in [3.63, 3.8) is 0 Å². The Morgan fingerprint density at radius 1 is 1.30 bits per heavy atom. The van der Waals surface area contributed by atoms with E-state index in [1.165, 1.54) is 6.08 Å². The summed E-state index contributed by atoms with van der Waals surface area (Å²) in [6, 6.07) is 6.20. The molecule has 2 aromatic heterocycles. The van der Waals surface area contributed by atoms with Crippen molar-refractivity contribution in [3.05, 3.63) is 66.4 Å². The monoisotopic (exact) mass is 502 g/mol. The maximum atomic E-state index is 12.6. The number of anilines is 1. The van der Waals surface area contributed by atoms with Crippen LogP contribution in [0, 0.1) is 6.92 Å². The van der Waals surface area contributed by atoms with E-state index >= 15 is 0 Å². The molecular weight excluding hydrogens is 468 g/mol. The van der Waals surface area contributed by atoms with Gasteiger partial charge in [-0.05, 0) is 57.4 Å². The molecule has 0 radical (unpaired) electrons. The highest BCUT2D eigenvalue weighted by atomic mass is 16.2. The van der Waals surface area contributed by atoms with Gasteiger partial charge in [-0.15, -0.1) is 5.10 Å². The fourth-order valence-electron chi connectivity index (χ4n) is 4.38. The molecular formula is C27H34N8O2. The molecule has 1 aromatic carbocycles. The third kappa shape index (κ3) is 5.68. The lowest BCUT2D eigenvalue weighted by Gasteiger charge is -2.25. The number of rotatable bonds is 7. The van der Waals surface area contributed by atoms with E-state index in [1.54, 1.807) is 22.1 Å². The van der Waals surface area contributed by atoms with Crippen LogP contribution in [-0.2, 0) is 16.9 Å². The van der Waals surface area contributed by atoms with E-state index in [9.17, 15) is 9.59 Å². The molecule has 3 aromatic rings. The van der Waals surface area contributed by atoms with E-state index in [4.69, 9.17) is 0 Å². The molecule has 1 saturated heterocycles. The minimum absolute atomic E-state index is 0.0755. The number of hydrogen-bond donors (Lipinski definition) is 1. The smallest absolute Gasteiger partial charge is 0.273 e. The first-order valence-corrected chi connectivity index (χ1v) is 12.3. The molecule has 0 aliphatic carbocycles. The van der Waals surface area contributed by atoms with Gasteiger partial charge in [0.05, 0.1) is 35.4 Å². The maximum absolute atomic E-state index is 12.6. The standard InChI is InChI=1S/C27H34N8O2/c1-7-24(36)33(6)21-10-11-34(15-21)23-14-28-17-30-25(23)19-8-9-20(18(2)12-19)13-29-26(37)22-16-35(32-31-22)27(3,4)5/h7-9,12,14,16-17,21H,1,10-11,13,15H2,2-6H3,(H,29,37). The summed E-state index contributed by atoms with van der Waals surface area (Å²) < 4.78 is 1.68. The number of aromatic nitrogens is 5. The Morgan fingerprint density at radius 2 is 2.08 bits per heavy atom. The number of hydrogen-bond acceptors (Lipinski definition) is 7. The number of amides is 2. The number of nitrogens with one attached hydrogen (secondary N) is 1. The second-order valence-electron chi connectivity index (χ2n) is 10.3. The van der Waals surface area contributed by atoms with E-state index in [0.717, 1.165) is 41.0 Å². The van der Waals surface area contributed by atoms with Gasteiger partial charge in [-0.25, -0.2) is 14.6 Å². The van der Waals surface area contributed by atoms with Gasteiger partial charge < -0.3 is 15.1 Å². The Kier molecular flexibility index (Phi) is 7.37. The van der Waals surface area contributed by atoms with Gasteiger partial charge in [-0.3, -0.25) is 9.59 Å². The van der Waals surface area contributed by atoms with Gasteiger partial charge in [0.15, 0.2) is 5.69 Å². The van der Waals surface area contributed by atoms with E-state index in [2.05, 4.69) is 43.1 Å². The average molecular weight is 503 g/mol. The number of benzene rings is 1. The first-order valence-electron chi connectivity index (χ1n) is 12.3. The molecule has 1 unspecified atom stereocenters. The number of likely N-dealkylation sites (N-methyl/N-ethyl adjacent to an activating group) is 1. The summed E-state index contributed by atoms with van der Waals surface area (Å²) in [5, 5.41) is 11.0. The number of nitrogens with zero attached hydrogens (tertiary/aromatic N) is 7. The van der Waals surface area contributed by atoms with Crippen LogP contribution >= 0.6 is 0 Å². The van der Waals surface area contributed by atoms with Crippen LogP contribution in [0.4, 0.5) is 5.69 Å². The second kappa shape index (κ2) is 10.5. The van der Waals surface area contributed by atoms with Crippen LogP contribution in [0.25, 0.3) is 11.3 Å². The zero-order chi connectivity index (χ0) is 26.7. The molecule has 37 heavy (non-hydrogen) atoms. The van der Waals surface area contributed by atoms with Gasteiger partial charge in [0.25, 0.3) is 5.91 Å². The van der Waals surface area contributed by atoms with E-state index in [-0.39, 0.29) is 23.4 Å². The molecule has 0 spiro atoms. The van der Waals surface area contributed by atoms with Crippen molar-refractivity contribution in [2.45, 2.75) is 52.2 Å². The topological polar surface area (TPSA) is 109 Å². The van der Waals surface area contributed by atoms with Crippen molar-refractivity contribution in [1.82, 2.24) is 35.2 Å². The fourth-order valence-corrected chi connectivity index (χ4v) is 4.38. The summed E-state index contributed by atoms with van der Waals surface area (Å²) in [4.78, 5) is 37.5. The van der Waals surface area contributed by atoms with Crippen LogP contribution in [0.5, 0.6) is 0 Å². The Morgan fingerprint density at radius 3 is 2.76 bits per heavy atom. The van der Waals surface area contributed by atoms with Gasteiger partial charge in [-0.2, -0.15) is 0 Å². The summed E-state index contributed by atoms with van der Waals surface area (Å²) in [6.07, 6.45) is 7.26. The number of carbonyl (C=O) groups excluding carboxylic acids is 2. The summed E-state index contributed by atoms with van der Waals surface area (Å²) >= 11 is 0. The van der Waals surface area contributed by atoms with Gasteiger partial charge in [0.2, 0.25) is 5.91 Å². The lowest BCUT2D eigenvalue weighted by molar-refractivity contribution is -0.126. The van der Waals surface area contributed by atoms with Crippen LogP contribution in [0.3, 0.4) is 0 Å².